The first kappa shape index (κ1) is 20.2. The van der Waals surface area contributed by atoms with Gasteiger partial charge in [0.1, 0.15) is 0 Å². The molecule has 2 aromatic carbocycles. The number of nitrogens with zero attached hydrogens (tertiary/aromatic N) is 2. The van der Waals surface area contributed by atoms with Crippen molar-refractivity contribution in [1.29, 1.82) is 0 Å². The fourth-order valence-corrected chi connectivity index (χ4v) is 4.01. The van der Waals surface area contributed by atoms with E-state index in [-0.39, 0.29) is 5.91 Å². The lowest BCUT2D eigenvalue weighted by Gasteiger charge is -2.06. The fraction of sp³-hybridized carbons (Fsp3) is 0.0870. The number of hydrogen-bond acceptors (Lipinski definition) is 4. The smallest absolute Gasteiger partial charge is 0.225 e. The summed E-state index contributed by atoms with van der Waals surface area (Å²) >= 11 is 7.58. The molecule has 2 aromatic heterocycles. The van der Waals surface area contributed by atoms with E-state index in [2.05, 4.69) is 32.6 Å². The van der Waals surface area contributed by atoms with E-state index in [4.69, 9.17) is 11.6 Å². The van der Waals surface area contributed by atoms with E-state index in [0.717, 1.165) is 27.2 Å². The molecule has 0 saturated carbocycles. The van der Waals surface area contributed by atoms with Crippen LogP contribution in [0.2, 0.25) is 5.02 Å². The van der Waals surface area contributed by atoms with Crippen LogP contribution in [0.4, 0.5) is 5.69 Å². The van der Waals surface area contributed by atoms with Crippen LogP contribution in [0.15, 0.2) is 71.8 Å². The monoisotopic (exact) mass is 434 g/mol. The summed E-state index contributed by atoms with van der Waals surface area (Å²) in [5, 5.41) is 12.0. The van der Waals surface area contributed by atoms with Gasteiger partial charge in [-0.3, -0.25) is 14.9 Å². The summed E-state index contributed by atoms with van der Waals surface area (Å²) < 4.78 is 0. The van der Waals surface area contributed by atoms with Crippen molar-refractivity contribution in [2.75, 3.05) is 11.1 Å². The van der Waals surface area contributed by atoms with Crippen molar-refractivity contribution >= 4 is 58.0 Å². The highest BCUT2D eigenvalue weighted by Crippen LogP contribution is 2.26. The molecule has 150 valence electrons. The Hall–Kier alpha value is -3.09. The van der Waals surface area contributed by atoms with Crippen LogP contribution in [-0.4, -0.2) is 26.8 Å². The molecule has 4 aromatic rings. The molecular weight excluding hydrogens is 416 g/mol. The van der Waals surface area contributed by atoms with Gasteiger partial charge < -0.3 is 5.32 Å². The number of carbonyl (C=O) groups excluding carboxylic acids is 1. The van der Waals surface area contributed by atoms with Crippen LogP contribution in [0.25, 0.3) is 23.1 Å². The molecule has 1 amide bonds. The minimum atomic E-state index is -0.0330. The van der Waals surface area contributed by atoms with E-state index in [1.54, 1.807) is 30.1 Å². The quantitative estimate of drug-likeness (QED) is 0.355. The molecule has 0 atom stereocenters. The summed E-state index contributed by atoms with van der Waals surface area (Å²) in [4.78, 5) is 17.5. The van der Waals surface area contributed by atoms with Crippen LogP contribution < -0.4 is 5.32 Å². The first-order valence-electron chi connectivity index (χ1n) is 9.43. The summed E-state index contributed by atoms with van der Waals surface area (Å²) in [5.74, 6) is 0.646. The van der Waals surface area contributed by atoms with Crippen molar-refractivity contribution in [3.05, 3.63) is 83.3 Å². The number of rotatable bonds is 7. The Bertz CT molecular complexity index is 1190. The van der Waals surface area contributed by atoms with Crippen LogP contribution in [-0.2, 0) is 4.79 Å². The molecular formula is C23H19ClN4OS. The highest BCUT2D eigenvalue weighted by Gasteiger charge is 2.07. The van der Waals surface area contributed by atoms with Gasteiger partial charge in [0.2, 0.25) is 5.91 Å². The van der Waals surface area contributed by atoms with Crippen molar-refractivity contribution in [2.24, 2.45) is 0 Å². The normalized spacial score (nSPS) is 11.2. The third-order valence-electron chi connectivity index (χ3n) is 4.37. The second-order valence-electron chi connectivity index (χ2n) is 6.56. The largest absolute Gasteiger partial charge is 0.326 e. The Labute approximate surface area is 183 Å². The molecule has 0 aliphatic heterocycles. The summed E-state index contributed by atoms with van der Waals surface area (Å²) in [6.07, 6.45) is 6.07. The lowest BCUT2D eigenvalue weighted by Crippen LogP contribution is -2.12. The van der Waals surface area contributed by atoms with Gasteiger partial charge >= 0.3 is 0 Å². The maximum absolute atomic E-state index is 12.1. The molecule has 0 spiro atoms. The molecule has 0 radical (unpaired) electrons. The van der Waals surface area contributed by atoms with Gasteiger partial charge in [0.05, 0.1) is 16.9 Å². The number of pyridine rings is 1. The standard InChI is InChI=1S/C23H19ClN4OS/c24-16-4-3-6-18(14-16)26-23(29)11-13-30-19-8-9-20-21(27-28-22(20)15-19)10-7-17-5-1-2-12-25-17/h1-10,12,14-15H,11,13H2,(H,26,29)(H,27,28). The number of fused-ring (bicyclic) bond motifs is 1. The molecule has 0 fully saturated rings. The summed E-state index contributed by atoms with van der Waals surface area (Å²) in [7, 11) is 0. The second kappa shape index (κ2) is 9.61. The third kappa shape index (κ3) is 5.28. The van der Waals surface area contributed by atoms with Crippen molar-refractivity contribution in [3.63, 3.8) is 0 Å². The lowest BCUT2D eigenvalue weighted by atomic mass is 10.2. The number of thioether (sulfide) groups is 1. The Morgan fingerprint density at radius 2 is 2.03 bits per heavy atom. The number of H-pyrrole nitrogens is 1. The average Bonchev–Trinajstić information content (AvgIpc) is 3.15. The van der Waals surface area contributed by atoms with Gasteiger partial charge in [-0.25, -0.2) is 0 Å². The van der Waals surface area contributed by atoms with Crippen molar-refractivity contribution in [3.8, 4) is 0 Å². The zero-order chi connectivity index (χ0) is 20.8. The molecule has 0 aliphatic carbocycles. The third-order valence-corrected chi connectivity index (χ3v) is 5.60. The van der Waals surface area contributed by atoms with Gasteiger partial charge in [0, 0.05) is 39.4 Å². The number of amides is 1. The molecule has 2 N–H and O–H groups in total. The number of carbonyl (C=O) groups is 1. The zero-order valence-corrected chi connectivity index (χ0v) is 17.6. The van der Waals surface area contributed by atoms with E-state index in [9.17, 15) is 4.79 Å². The zero-order valence-electron chi connectivity index (χ0n) is 16.0. The van der Waals surface area contributed by atoms with Crippen LogP contribution in [0.5, 0.6) is 0 Å². The number of halogens is 1. The predicted molar refractivity (Wildman–Crippen MR) is 125 cm³/mol. The Morgan fingerprint density at radius 1 is 1.10 bits per heavy atom. The predicted octanol–water partition coefficient (Wildman–Crippen LogP) is 5.90. The van der Waals surface area contributed by atoms with Gasteiger partial charge in [0.15, 0.2) is 0 Å². The van der Waals surface area contributed by atoms with Crippen LogP contribution in [0.1, 0.15) is 17.8 Å². The van der Waals surface area contributed by atoms with Crippen LogP contribution in [0.3, 0.4) is 0 Å². The Balaban J connectivity index is 1.34. The molecule has 0 aliphatic rings. The molecule has 0 bridgehead atoms. The Kier molecular flexibility index (Phi) is 6.47. The van der Waals surface area contributed by atoms with Crippen molar-refractivity contribution < 1.29 is 4.79 Å². The summed E-state index contributed by atoms with van der Waals surface area (Å²) in [6.45, 7) is 0. The minimum Gasteiger partial charge on any atom is -0.326 e. The highest BCUT2D eigenvalue weighted by atomic mass is 35.5. The van der Waals surface area contributed by atoms with E-state index in [0.29, 0.717) is 22.9 Å². The SMILES string of the molecule is O=C(CCSc1ccc2c(C=Cc3ccccn3)n[nH]c2c1)Nc1cccc(Cl)c1. The van der Waals surface area contributed by atoms with Gasteiger partial charge in [-0.05, 0) is 60.7 Å². The van der Waals surface area contributed by atoms with Crippen LogP contribution in [0, 0.1) is 0 Å². The van der Waals surface area contributed by atoms with Crippen LogP contribution >= 0.6 is 23.4 Å². The van der Waals surface area contributed by atoms with Gasteiger partial charge in [-0.2, -0.15) is 5.10 Å². The molecule has 2 heterocycles. The molecule has 0 saturated heterocycles. The number of hydrogen-bond donors (Lipinski definition) is 2. The molecule has 30 heavy (non-hydrogen) atoms. The van der Waals surface area contributed by atoms with E-state index >= 15 is 0 Å². The Morgan fingerprint density at radius 3 is 2.87 bits per heavy atom. The average molecular weight is 435 g/mol. The van der Waals surface area contributed by atoms with Gasteiger partial charge in [-0.1, -0.05) is 23.7 Å². The first-order valence-corrected chi connectivity index (χ1v) is 10.8. The first-order chi connectivity index (χ1) is 14.7. The summed E-state index contributed by atoms with van der Waals surface area (Å²) in [5.41, 5.74) is 3.43. The van der Waals surface area contributed by atoms with E-state index in [1.165, 1.54) is 0 Å². The molecule has 4 rings (SSSR count). The second-order valence-corrected chi connectivity index (χ2v) is 8.17. The number of benzene rings is 2. The van der Waals surface area contributed by atoms with Gasteiger partial charge in [-0.15, -0.1) is 11.8 Å². The van der Waals surface area contributed by atoms with Crippen molar-refractivity contribution in [1.82, 2.24) is 15.2 Å². The van der Waals surface area contributed by atoms with E-state index in [1.807, 2.05) is 48.6 Å². The molecule has 5 nitrogen and oxygen atoms in total. The highest BCUT2D eigenvalue weighted by molar-refractivity contribution is 7.99. The number of anilines is 1. The topological polar surface area (TPSA) is 70.7 Å². The summed E-state index contributed by atoms with van der Waals surface area (Å²) in [6, 6.07) is 19.1. The van der Waals surface area contributed by atoms with E-state index < -0.39 is 0 Å². The number of nitrogens with one attached hydrogen (secondary N) is 2. The molecule has 7 heteroatoms. The molecule has 0 unspecified atom stereocenters. The number of aromatic nitrogens is 3. The lowest BCUT2D eigenvalue weighted by molar-refractivity contribution is -0.115. The fourth-order valence-electron chi connectivity index (χ4n) is 2.93. The number of aromatic amines is 1. The van der Waals surface area contributed by atoms with Crippen molar-refractivity contribution in [2.45, 2.75) is 11.3 Å². The minimum absolute atomic E-state index is 0.0330. The van der Waals surface area contributed by atoms with Gasteiger partial charge in [0.25, 0.3) is 0 Å². The maximum atomic E-state index is 12.1. The maximum Gasteiger partial charge on any atom is 0.225 e.